The molecule has 4 nitrogen and oxygen atoms in total. The molecule has 0 bridgehead atoms. The first-order chi connectivity index (χ1) is 14.2. The van der Waals surface area contributed by atoms with Crippen LogP contribution in [0.2, 0.25) is 0 Å². The highest BCUT2D eigenvalue weighted by atomic mass is 127. The van der Waals surface area contributed by atoms with Crippen LogP contribution in [-0.2, 0) is 11.0 Å². The predicted octanol–water partition coefficient (Wildman–Crippen LogP) is 6.34. The van der Waals surface area contributed by atoms with Crippen LogP contribution in [0.3, 0.4) is 0 Å². The van der Waals surface area contributed by atoms with Gasteiger partial charge in [0.05, 0.1) is 27.5 Å². The number of carbonyl (C=O) groups is 1. The van der Waals surface area contributed by atoms with E-state index in [1.807, 2.05) is 19.1 Å². The van der Waals surface area contributed by atoms with Gasteiger partial charge in [-0.15, -0.1) is 11.3 Å². The van der Waals surface area contributed by atoms with Crippen molar-refractivity contribution in [2.45, 2.75) is 18.1 Å². The standard InChI is InChI=1S/C20H13F3IN3OS2/c1-11-7-12(24)4-5-15(11)26-18(28)10-30-19-13(9-25)14(20(21,22)23)8-16(27-19)17-3-2-6-29-17/h2-8H,10H2,1H3,(H,26,28). The maximum absolute atomic E-state index is 13.5. The molecule has 0 saturated carbocycles. The van der Waals surface area contributed by atoms with Gasteiger partial charge >= 0.3 is 6.18 Å². The van der Waals surface area contributed by atoms with Gasteiger partial charge in [-0.3, -0.25) is 4.79 Å². The minimum atomic E-state index is -4.71. The molecule has 0 aliphatic rings. The Bertz CT molecular complexity index is 1130. The minimum Gasteiger partial charge on any atom is -0.325 e. The smallest absolute Gasteiger partial charge is 0.325 e. The van der Waals surface area contributed by atoms with Crippen molar-refractivity contribution in [3.05, 3.63) is 62.0 Å². The third-order valence-corrected chi connectivity index (χ3v) is 6.52. The largest absolute Gasteiger partial charge is 0.417 e. The summed E-state index contributed by atoms with van der Waals surface area (Å²) in [6.45, 7) is 1.85. The lowest BCUT2D eigenvalue weighted by molar-refractivity contribution is -0.138. The van der Waals surface area contributed by atoms with E-state index in [-0.39, 0.29) is 16.5 Å². The molecular weight excluding hydrogens is 546 g/mol. The number of aromatic nitrogens is 1. The number of aryl methyl sites for hydroxylation is 1. The number of thioether (sulfide) groups is 1. The highest BCUT2D eigenvalue weighted by Gasteiger charge is 2.36. The van der Waals surface area contributed by atoms with Crippen LogP contribution in [0.5, 0.6) is 0 Å². The number of benzene rings is 1. The number of thiophene rings is 1. The summed E-state index contributed by atoms with van der Waals surface area (Å²) in [5.74, 6) is -0.580. The number of nitrogens with zero attached hydrogens (tertiary/aromatic N) is 2. The summed E-state index contributed by atoms with van der Waals surface area (Å²) in [4.78, 5) is 17.1. The second kappa shape index (κ2) is 9.36. The Labute approximate surface area is 192 Å². The average Bonchev–Trinajstić information content (AvgIpc) is 3.22. The monoisotopic (exact) mass is 559 g/mol. The Morgan fingerprint density at radius 3 is 2.70 bits per heavy atom. The van der Waals surface area contributed by atoms with Crippen molar-refractivity contribution in [1.82, 2.24) is 4.98 Å². The first-order valence-electron chi connectivity index (χ1n) is 8.44. The Morgan fingerprint density at radius 1 is 1.33 bits per heavy atom. The van der Waals surface area contributed by atoms with Crippen molar-refractivity contribution >= 4 is 57.3 Å². The summed E-state index contributed by atoms with van der Waals surface area (Å²) in [7, 11) is 0. The molecule has 1 aromatic carbocycles. The fourth-order valence-corrected chi connectivity index (χ4v) is 4.73. The zero-order chi connectivity index (χ0) is 21.9. The molecule has 2 aromatic heterocycles. The van der Waals surface area contributed by atoms with Gasteiger partial charge < -0.3 is 5.32 Å². The van der Waals surface area contributed by atoms with Crippen LogP contribution in [-0.4, -0.2) is 16.6 Å². The number of alkyl halides is 3. The second-order valence-electron chi connectivity index (χ2n) is 6.12. The Balaban J connectivity index is 1.88. The first kappa shape index (κ1) is 22.6. The molecule has 0 aliphatic carbocycles. The predicted molar refractivity (Wildman–Crippen MR) is 121 cm³/mol. The Hall–Kier alpha value is -2.10. The number of carbonyl (C=O) groups excluding carboxylic acids is 1. The SMILES string of the molecule is Cc1cc(I)ccc1NC(=O)CSc1nc(-c2cccs2)cc(C(F)(F)F)c1C#N. The lowest BCUT2D eigenvalue weighted by Crippen LogP contribution is -2.16. The third-order valence-electron chi connectivity index (χ3n) is 3.98. The molecule has 30 heavy (non-hydrogen) atoms. The molecule has 3 rings (SSSR count). The molecule has 1 N–H and O–H groups in total. The topological polar surface area (TPSA) is 65.8 Å². The zero-order valence-corrected chi connectivity index (χ0v) is 19.2. The van der Waals surface area contributed by atoms with E-state index >= 15 is 0 Å². The molecule has 10 heteroatoms. The first-order valence-corrected chi connectivity index (χ1v) is 11.4. The fourth-order valence-electron chi connectivity index (χ4n) is 2.60. The number of pyridine rings is 1. The van der Waals surface area contributed by atoms with E-state index in [1.54, 1.807) is 29.6 Å². The summed E-state index contributed by atoms with van der Waals surface area (Å²) in [5.41, 5.74) is -0.0218. The molecule has 2 heterocycles. The number of nitrogens with one attached hydrogen (secondary N) is 1. The average molecular weight is 559 g/mol. The second-order valence-corrected chi connectivity index (χ2v) is 9.28. The summed E-state index contributed by atoms with van der Waals surface area (Å²) < 4.78 is 41.6. The summed E-state index contributed by atoms with van der Waals surface area (Å²) >= 11 is 4.21. The van der Waals surface area contributed by atoms with E-state index in [4.69, 9.17) is 0 Å². The number of anilines is 1. The molecule has 154 valence electrons. The number of amides is 1. The van der Waals surface area contributed by atoms with Crippen molar-refractivity contribution < 1.29 is 18.0 Å². The van der Waals surface area contributed by atoms with E-state index in [9.17, 15) is 23.2 Å². The van der Waals surface area contributed by atoms with Crippen LogP contribution in [0.4, 0.5) is 18.9 Å². The maximum atomic E-state index is 13.5. The molecule has 1 amide bonds. The summed E-state index contributed by atoms with van der Waals surface area (Å²) in [6.07, 6.45) is -4.71. The molecule has 0 aliphatic heterocycles. The van der Waals surface area contributed by atoms with Gasteiger partial charge in [-0.2, -0.15) is 18.4 Å². The third kappa shape index (κ3) is 5.33. The van der Waals surface area contributed by atoms with Crippen LogP contribution in [0.15, 0.2) is 46.8 Å². The van der Waals surface area contributed by atoms with Gasteiger partial charge in [-0.25, -0.2) is 4.98 Å². The molecule has 0 saturated heterocycles. The molecule has 0 fully saturated rings. The number of hydrogen-bond donors (Lipinski definition) is 1. The molecular formula is C20H13F3IN3OS2. The number of halogens is 4. The van der Waals surface area contributed by atoms with Crippen molar-refractivity contribution in [3.63, 3.8) is 0 Å². The van der Waals surface area contributed by atoms with Gasteiger partial charge in [0.1, 0.15) is 11.1 Å². The lowest BCUT2D eigenvalue weighted by atomic mass is 10.1. The van der Waals surface area contributed by atoms with E-state index in [0.717, 1.165) is 27.0 Å². The fraction of sp³-hybridized carbons (Fsp3) is 0.150. The lowest BCUT2D eigenvalue weighted by Gasteiger charge is -2.14. The highest BCUT2D eigenvalue weighted by Crippen LogP contribution is 2.38. The number of rotatable bonds is 5. The van der Waals surface area contributed by atoms with Crippen molar-refractivity contribution in [3.8, 4) is 16.6 Å². The van der Waals surface area contributed by atoms with Crippen LogP contribution >= 0.6 is 45.7 Å². The number of hydrogen-bond acceptors (Lipinski definition) is 5. The van der Waals surface area contributed by atoms with E-state index in [2.05, 4.69) is 32.9 Å². The Kier molecular flexibility index (Phi) is 7.05. The van der Waals surface area contributed by atoms with Gasteiger partial charge in [-0.1, -0.05) is 17.8 Å². The molecule has 3 aromatic rings. The van der Waals surface area contributed by atoms with Crippen LogP contribution in [0.1, 0.15) is 16.7 Å². The van der Waals surface area contributed by atoms with Gasteiger partial charge in [0.15, 0.2) is 0 Å². The van der Waals surface area contributed by atoms with Crippen molar-refractivity contribution in [2.24, 2.45) is 0 Å². The van der Waals surface area contributed by atoms with Crippen molar-refractivity contribution in [2.75, 3.05) is 11.1 Å². The number of nitriles is 1. The van der Waals surface area contributed by atoms with E-state index < -0.39 is 23.2 Å². The summed E-state index contributed by atoms with van der Waals surface area (Å²) in [6, 6.07) is 11.3. The van der Waals surface area contributed by atoms with Gasteiger partial charge in [0, 0.05) is 9.26 Å². The van der Waals surface area contributed by atoms with Gasteiger partial charge in [0.25, 0.3) is 0 Å². The molecule has 0 spiro atoms. The van der Waals surface area contributed by atoms with Crippen molar-refractivity contribution in [1.29, 1.82) is 5.26 Å². The van der Waals surface area contributed by atoms with Gasteiger partial charge in [-0.05, 0) is 70.8 Å². The molecule has 0 unspecified atom stereocenters. The van der Waals surface area contributed by atoms with Gasteiger partial charge in [0.2, 0.25) is 5.91 Å². The quantitative estimate of drug-likeness (QED) is 0.293. The Morgan fingerprint density at radius 2 is 2.10 bits per heavy atom. The maximum Gasteiger partial charge on any atom is 0.417 e. The van der Waals surface area contributed by atoms with Crippen LogP contribution < -0.4 is 5.32 Å². The zero-order valence-electron chi connectivity index (χ0n) is 15.4. The normalized spacial score (nSPS) is 11.2. The molecule has 0 atom stereocenters. The van der Waals surface area contributed by atoms with E-state index in [0.29, 0.717) is 10.6 Å². The highest BCUT2D eigenvalue weighted by molar-refractivity contribution is 14.1. The minimum absolute atomic E-state index is 0.118. The van der Waals surface area contributed by atoms with Crippen LogP contribution in [0, 0.1) is 21.8 Å². The van der Waals surface area contributed by atoms with Crippen LogP contribution in [0.25, 0.3) is 10.6 Å². The van der Waals surface area contributed by atoms with E-state index in [1.165, 1.54) is 11.3 Å². The molecule has 0 radical (unpaired) electrons. The summed E-state index contributed by atoms with van der Waals surface area (Å²) in [5, 5.41) is 13.7.